The van der Waals surface area contributed by atoms with Gasteiger partial charge in [-0.15, -0.1) is 0 Å². The monoisotopic (exact) mass is 383 g/mol. The standard InChI is InChI=1S/C19H22FN7O/c1-12-4-5-15(9-16(12)20)25-19(28)22-7-6-21-17-10-18(24-11-23-17)27-14(3)8-13(2)26-27/h4-5,8-11H,6-7H2,1-3H3,(H,21,23,24)(H2,22,25,28). The molecule has 0 aliphatic rings. The van der Waals surface area contributed by atoms with Crippen molar-refractivity contribution >= 4 is 17.5 Å². The third-order valence-corrected chi connectivity index (χ3v) is 4.03. The van der Waals surface area contributed by atoms with Crippen LogP contribution in [0.15, 0.2) is 36.7 Å². The van der Waals surface area contributed by atoms with Gasteiger partial charge < -0.3 is 16.0 Å². The molecule has 9 heteroatoms. The molecule has 2 heterocycles. The lowest BCUT2D eigenvalue weighted by atomic mass is 10.2. The fourth-order valence-electron chi connectivity index (χ4n) is 2.63. The molecule has 2 amide bonds. The van der Waals surface area contributed by atoms with E-state index in [9.17, 15) is 9.18 Å². The Kier molecular flexibility index (Phi) is 5.83. The first-order valence-electron chi connectivity index (χ1n) is 8.83. The third-order valence-electron chi connectivity index (χ3n) is 4.03. The minimum Gasteiger partial charge on any atom is -0.368 e. The zero-order valence-electron chi connectivity index (χ0n) is 16.0. The number of amides is 2. The van der Waals surface area contributed by atoms with E-state index in [1.807, 2.05) is 19.9 Å². The summed E-state index contributed by atoms with van der Waals surface area (Å²) < 4.78 is 15.3. The van der Waals surface area contributed by atoms with Gasteiger partial charge in [-0.25, -0.2) is 23.8 Å². The van der Waals surface area contributed by atoms with E-state index in [-0.39, 0.29) is 5.82 Å². The zero-order chi connectivity index (χ0) is 20.1. The molecule has 3 rings (SSSR count). The molecule has 146 valence electrons. The lowest BCUT2D eigenvalue weighted by Gasteiger charge is -2.10. The number of aromatic nitrogens is 4. The minimum absolute atomic E-state index is 0.360. The smallest absolute Gasteiger partial charge is 0.319 e. The Labute approximate surface area is 162 Å². The lowest BCUT2D eigenvalue weighted by molar-refractivity contribution is 0.252. The Morgan fingerprint density at radius 1 is 1.11 bits per heavy atom. The van der Waals surface area contributed by atoms with Crippen LogP contribution in [-0.4, -0.2) is 38.9 Å². The maximum Gasteiger partial charge on any atom is 0.319 e. The zero-order valence-corrected chi connectivity index (χ0v) is 16.0. The largest absolute Gasteiger partial charge is 0.368 e. The van der Waals surface area contributed by atoms with Crippen LogP contribution in [-0.2, 0) is 0 Å². The number of rotatable bonds is 6. The number of carbonyl (C=O) groups excluding carboxylic acids is 1. The summed E-state index contributed by atoms with van der Waals surface area (Å²) in [6.07, 6.45) is 1.46. The van der Waals surface area contributed by atoms with Gasteiger partial charge in [-0.2, -0.15) is 5.10 Å². The second kappa shape index (κ2) is 8.47. The maximum absolute atomic E-state index is 13.5. The van der Waals surface area contributed by atoms with Crippen LogP contribution in [0.25, 0.3) is 5.82 Å². The van der Waals surface area contributed by atoms with E-state index in [1.54, 1.807) is 29.8 Å². The van der Waals surface area contributed by atoms with E-state index >= 15 is 0 Å². The average Bonchev–Trinajstić information content (AvgIpc) is 3.00. The Bertz CT molecular complexity index is 986. The van der Waals surface area contributed by atoms with Crippen molar-refractivity contribution in [3.8, 4) is 5.82 Å². The van der Waals surface area contributed by atoms with Gasteiger partial charge in [0.1, 0.15) is 18.0 Å². The van der Waals surface area contributed by atoms with Gasteiger partial charge in [0.25, 0.3) is 0 Å². The topological polar surface area (TPSA) is 96.8 Å². The minimum atomic E-state index is -0.406. The SMILES string of the molecule is Cc1cc(C)n(-c2cc(NCCNC(=O)Nc3ccc(C)c(F)c3)ncn2)n1. The van der Waals surface area contributed by atoms with Crippen molar-refractivity contribution in [2.45, 2.75) is 20.8 Å². The maximum atomic E-state index is 13.5. The highest BCUT2D eigenvalue weighted by Gasteiger charge is 2.07. The number of hydrogen-bond acceptors (Lipinski definition) is 5. The van der Waals surface area contributed by atoms with Gasteiger partial charge in [0, 0.05) is 30.5 Å². The number of carbonyl (C=O) groups is 1. The van der Waals surface area contributed by atoms with Crippen molar-refractivity contribution < 1.29 is 9.18 Å². The van der Waals surface area contributed by atoms with Crippen LogP contribution < -0.4 is 16.0 Å². The van der Waals surface area contributed by atoms with Crippen molar-refractivity contribution in [1.82, 2.24) is 25.1 Å². The Morgan fingerprint density at radius 3 is 2.64 bits per heavy atom. The summed E-state index contributed by atoms with van der Waals surface area (Å²) >= 11 is 0. The first kappa shape index (κ1) is 19.3. The first-order chi connectivity index (χ1) is 13.4. The van der Waals surface area contributed by atoms with Gasteiger partial charge >= 0.3 is 6.03 Å². The van der Waals surface area contributed by atoms with Gasteiger partial charge in [0.15, 0.2) is 5.82 Å². The number of aryl methyl sites for hydroxylation is 3. The van der Waals surface area contributed by atoms with Crippen LogP contribution in [0.4, 0.5) is 20.7 Å². The number of nitrogens with zero attached hydrogens (tertiary/aromatic N) is 4. The fraction of sp³-hybridized carbons (Fsp3) is 0.263. The Hall–Kier alpha value is -3.49. The summed E-state index contributed by atoms with van der Waals surface area (Å²) in [6, 6.07) is 7.90. The van der Waals surface area contributed by atoms with Crippen LogP contribution in [0.1, 0.15) is 17.0 Å². The lowest BCUT2D eigenvalue weighted by Crippen LogP contribution is -2.32. The highest BCUT2D eigenvalue weighted by atomic mass is 19.1. The molecular formula is C19H22FN7O. The predicted molar refractivity (Wildman–Crippen MR) is 105 cm³/mol. The number of benzene rings is 1. The number of nitrogens with one attached hydrogen (secondary N) is 3. The molecule has 3 N–H and O–H groups in total. The summed E-state index contributed by atoms with van der Waals surface area (Å²) in [5, 5.41) is 12.8. The average molecular weight is 383 g/mol. The molecule has 0 atom stereocenters. The van der Waals surface area contributed by atoms with Gasteiger partial charge in [-0.3, -0.25) is 0 Å². The predicted octanol–water partition coefficient (Wildman–Crippen LogP) is 2.96. The molecule has 0 aliphatic heterocycles. The fourth-order valence-corrected chi connectivity index (χ4v) is 2.63. The summed E-state index contributed by atoms with van der Waals surface area (Å²) in [4.78, 5) is 20.3. The van der Waals surface area contributed by atoms with E-state index in [1.165, 1.54) is 12.4 Å². The van der Waals surface area contributed by atoms with Crippen molar-refractivity contribution in [2.75, 3.05) is 23.7 Å². The van der Waals surface area contributed by atoms with Gasteiger partial charge in [0.2, 0.25) is 0 Å². The quantitative estimate of drug-likeness (QED) is 0.569. The molecule has 8 nitrogen and oxygen atoms in total. The van der Waals surface area contributed by atoms with Crippen molar-refractivity contribution in [3.05, 3.63) is 59.4 Å². The Balaban J connectivity index is 1.48. The molecule has 0 saturated heterocycles. The Morgan fingerprint density at radius 2 is 1.93 bits per heavy atom. The van der Waals surface area contributed by atoms with Crippen LogP contribution in [0.5, 0.6) is 0 Å². The van der Waals surface area contributed by atoms with Crippen molar-refractivity contribution in [1.29, 1.82) is 0 Å². The molecule has 0 bridgehead atoms. The van der Waals surface area contributed by atoms with E-state index in [0.29, 0.717) is 36.0 Å². The summed E-state index contributed by atoms with van der Waals surface area (Å²) in [5.41, 5.74) is 2.82. The molecule has 3 aromatic rings. The van der Waals surface area contributed by atoms with Gasteiger partial charge in [-0.05, 0) is 44.5 Å². The molecule has 0 unspecified atom stereocenters. The molecule has 0 spiro atoms. The molecular weight excluding hydrogens is 361 g/mol. The van der Waals surface area contributed by atoms with Gasteiger partial charge in [0.05, 0.1) is 5.69 Å². The second-order valence-corrected chi connectivity index (χ2v) is 6.37. The van der Waals surface area contributed by atoms with E-state index < -0.39 is 6.03 Å². The molecule has 0 saturated carbocycles. The summed E-state index contributed by atoms with van der Waals surface area (Å²) in [5.74, 6) is 0.928. The normalized spacial score (nSPS) is 10.6. The third kappa shape index (κ3) is 4.81. The molecule has 0 aliphatic carbocycles. The molecule has 0 fully saturated rings. The number of anilines is 2. The highest BCUT2D eigenvalue weighted by molar-refractivity contribution is 5.89. The van der Waals surface area contributed by atoms with E-state index in [2.05, 4.69) is 31.0 Å². The van der Waals surface area contributed by atoms with E-state index in [4.69, 9.17) is 0 Å². The number of hydrogen-bond donors (Lipinski definition) is 3. The second-order valence-electron chi connectivity index (χ2n) is 6.37. The van der Waals surface area contributed by atoms with Crippen LogP contribution in [0.3, 0.4) is 0 Å². The first-order valence-corrected chi connectivity index (χ1v) is 8.83. The van der Waals surface area contributed by atoms with Gasteiger partial charge in [-0.1, -0.05) is 6.07 Å². The van der Waals surface area contributed by atoms with Crippen LogP contribution in [0, 0.1) is 26.6 Å². The van der Waals surface area contributed by atoms with Crippen molar-refractivity contribution in [3.63, 3.8) is 0 Å². The molecule has 0 radical (unpaired) electrons. The van der Waals surface area contributed by atoms with E-state index in [0.717, 1.165) is 11.4 Å². The summed E-state index contributed by atoms with van der Waals surface area (Å²) in [6.45, 7) is 6.37. The molecule has 1 aromatic carbocycles. The highest BCUT2D eigenvalue weighted by Crippen LogP contribution is 2.13. The van der Waals surface area contributed by atoms with Crippen molar-refractivity contribution in [2.24, 2.45) is 0 Å². The van der Waals surface area contributed by atoms with Crippen LogP contribution >= 0.6 is 0 Å². The number of halogens is 1. The van der Waals surface area contributed by atoms with Crippen LogP contribution in [0.2, 0.25) is 0 Å². The number of urea groups is 1. The molecule has 28 heavy (non-hydrogen) atoms. The molecule has 2 aromatic heterocycles. The summed E-state index contributed by atoms with van der Waals surface area (Å²) in [7, 11) is 0.